The van der Waals surface area contributed by atoms with Crippen molar-refractivity contribution in [1.29, 1.82) is 0 Å². The minimum atomic E-state index is 1.10. The number of aromatic nitrogens is 1. The molecule has 2 heteroatoms. The van der Waals surface area contributed by atoms with E-state index in [1.807, 2.05) is 0 Å². The summed E-state index contributed by atoms with van der Waals surface area (Å²) in [5.41, 5.74) is 14.2. The number of rotatable bonds is 7. The van der Waals surface area contributed by atoms with E-state index in [-0.39, 0.29) is 0 Å². The van der Waals surface area contributed by atoms with Gasteiger partial charge in [-0.2, -0.15) is 0 Å². The lowest BCUT2D eigenvalue weighted by Gasteiger charge is -2.26. The first-order valence-corrected chi connectivity index (χ1v) is 22.7. The van der Waals surface area contributed by atoms with Crippen molar-refractivity contribution in [2.24, 2.45) is 0 Å². The molecule has 0 amide bonds. The number of para-hydroxylation sites is 2. The number of nitrogens with zero attached hydrogens (tertiary/aromatic N) is 2. The van der Waals surface area contributed by atoms with Gasteiger partial charge in [-0.1, -0.05) is 182 Å². The predicted octanol–water partition coefficient (Wildman–Crippen LogP) is 17.9. The molecule has 1 aromatic heterocycles. The standard InChI is InChI=1S/C64H42N2/c1-3-16-45(17-4-1)63-56-22-9-11-24-58(56)64(59-25-12-10-23-57(59)63)50-30-29-49-41-53(36-33-48(49)40-50)65(52-34-31-44(32-35-52)47-28-27-43-15-7-8-18-46(43)39-47)54-37-38-62-60(42-54)55-21-13-14-26-61(55)66(62)51-19-5-2-6-20-51/h1-42H. The van der Waals surface area contributed by atoms with Gasteiger partial charge in [0.25, 0.3) is 0 Å². The molecule has 0 radical (unpaired) electrons. The van der Waals surface area contributed by atoms with Crippen LogP contribution in [0.1, 0.15) is 0 Å². The monoisotopic (exact) mass is 838 g/mol. The highest BCUT2D eigenvalue weighted by molar-refractivity contribution is 6.22. The highest BCUT2D eigenvalue weighted by atomic mass is 15.1. The van der Waals surface area contributed by atoms with Gasteiger partial charge in [-0.15, -0.1) is 0 Å². The van der Waals surface area contributed by atoms with E-state index < -0.39 is 0 Å². The third-order valence-electron chi connectivity index (χ3n) is 13.5. The average molecular weight is 839 g/mol. The van der Waals surface area contributed by atoms with Crippen molar-refractivity contribution >= 4 is 82.0 Å². The molecule has 66 heavy (non-hydrogen) atoms. The molecule has 1 heterocycles. The third-order valence-corrected chi connectivity index (χ3v) is 13.5. The molecule has 0 saturated heterocycles. The van der Waals surface area contributed by atoms with E-state index in [4.69, 9.17) is 0 Å². The normalized spacial score (nSPS) is 11.6. The van der Waals surface area contributed by atoms with Crippen LogP contribution in [0.5, 0.6) is 0 Å². The maximum Gasteiger partial charge on any atom is 0.0542 e. The minimum Gasteiger partial charge on any atom is -0.310 e. The molecule has 0 aliphatic carbocycles. The molecule has 2 nitrogen and oxygen atoms in total. The Kier molecular flexibility index (Phi) is 8.89. The number of fused-ring (bicyclic) bond motifs is 7. The minimum absolute atomic E-state index is 1.10. The summed E-state index contributed by atoms with van der Waals surface area (Å²) in [6.45, 7) is 0. The second kappa shape index (κ2) is 15.5. The molecule has 0 saturated carbocycles. The summed E-state index contributed by atoms with van der Waals surface area (Å²) in [4.78, 5) is 2.41. The zero-order valence-corrected chi connectivity index (χ0v) is 36.1. The van der Waals surface area contributed by atoms with Crippen LogP contribution in [0.15, 0.2) is 255 Å². The van der Waals surface area contributed by atoms with Gasteiger partial charge in [0.1, 0.15) is 0 Å². The molecule has 12 aromatic carbocycles. The molecule has 0 aliphatic rings. The zero-order valence-electron chi connectivity index (χ0n) is 36.1. The van der Waals surface area contributed by atoms with Crippen LogP contribution in [-0.2, 0) is 0 Å². The first-order chi connectivity index (χ1) is 32.7. The van der Waals surface area contributed by atoms with Gasteiger partial charge in [0.2, 0.25) is 0 Å². The molecule has 0 atom stereocenters. The molecule has 0 spiro atoms. The Morgan fingerprint density at radius 2 is 0.697 bits per heavy atom. The van der Waals surface area contributed by atoms with Crippen LogP contribution >= 0.6 is 0 Å². The van der Waals surface area contributed by atoms with Crippen LogP contribution in [0.4, 0.5) is 17.1 Å². The SMILES string of the molecule is c1ccc(-c2c3ccccc3c(-c3ccc4cc(N(c5ccc(-c6ccc7ccccc7c6)cc5)c5ccc6c(c5)c5ccccc5n6-c5ccccc5)ccc4c3)c3ccccc23)cc1. The van der Waals surface area contributed by atoms with Gasteiger partial charge < -0.3 is 9.47 Å². The smallest absolute Gasteiger partial charge is 0.0542 e. The summed E-state index contributed by atoms with van der Waals surface area (Å²) >= 11 is 0. The number of hydrogen-bond acceptors (Lipinski definition) is 1. The van der Waals surface area contributed by atoms with Gasteiger partial charge >= 0.3 is 0 Å². The molecule has 0 aliphatic heterocycles. The van der Waals surface area contributed by atoms with E-state index in [9.17, 15) is 0 Å². The fraction of sp³-hybridized carbons (Fsp3) is 0. The number of hydrogen-bond donors (Lipinski definition) is 0. The van der Waals surface area contributed by atoms with Crippen LogP contribution in [0.2, 0.25) is 0 Å². The highest BCUT2D eigenvalue weighted by Crippen LogP contribution is 2.45. The summed E-state index contributed by atoms with van der Waals surface area (Å²) < 4.78 is 2.38. The second-order valence-corrected chi connectivity index (χ2v) is 17.3. The Morgan fingerprint density at radius 1 is 0.242 bits per heavy atom. The van der Waals surface area contributed by atoms with Crippen molar-refractivity contribution < 1.29 is 0 Å². The van der Waals surface area contributed by atoms with E-state index in [1.54, 1.807) is 0 Å². The summed E-state index contributed by atoms with van der Waals surface area (Å²) in [5.74, 6) is 0. The average Bonchev–Trinajstić information content (AvgIpc) is 3.72. The van der Waals surface area contributed by atoms with Crippen LogP contribution in [0.25, 0.3) is 104 Å². The van der Waals surface area contributed by atoms with E-state index in [0.717, 1.165) is 22.7 Å². The molecule has 0 bridgehead atoms. The van der Waals surface area contributed by atoms with Crippen LogP contribution in [-0.4, -0.2) is 4.57 Å². The third kappa shape index (κ3) is 6.26. The summed E-state index contributed by atoms with van der Waals surface area (Å²) in [7, 11) is 0. The van der Waals surface area contributed by atoms with Gasteiger partial charge in [0.05, 0.1) is 11.0 Å². The number of anilines is 3. The van der Waals surface area contributed by atoms with Crippen molar-refractivity contribution in [3.63, 3.8) is 0 Å². The highest BCUT2D eigenvalue weighted by Gasteiger charge is 2.20. The van der Waals surface area contributed by atoms with E-state index >= 15 is 0 Å². The Balaban J connectivity index is 0.964. The Morgan fingerprint density at radius 3 is 1.42 bits per heavy atom. The van der Waals surface area contributed by atoms with Crippen molar-refractivity contribution in [3.05, 3.63) is 255 Å². The van der Waals surface area contributed by atoms with Crippen molar-refractivity contribution in [3.8, 4) is 39.1 Å². The Labute approximate surface area is 383 Å². The molecule has 13 aromatic rings. The molecular weight excluding hydrogens is 797 g/mol. The molecule has 308 valence electrons. The summed E-state index contributed by atoms with van der Waals surface area (Å²) in [6.07, 6.45) is 0. The van der Waals surface area contributed by atoms with Gasteiger partial charge in [0.15, 0.2) is 0 Å². The first-order valence-electron chi connectivity index (χ1n) is 22.7. The summed E-state index contributed by atoms with van der Waals surface area (Å²) in [5, 5.41) is 12.4. The van der Waals surface area contributed by atoms with Crippen LogP contribution in [0, 0.1) is 0 Å². The van der Waals surface area contributed by atoms with Crippen LogP contribution < -0.4 is 4.90 Å². The van der Waals surface area contributed by atoms with E-state index in [1.165, 1.54) is 98.3 Å². The van der Waals surface area contributed by atoms with Crippen LogP contribution in [0.3, 0.4) is 0 Å². The van der Waals surface area contributed by atoms with E-state index in [0.29, 0.717) is 0 Å². The zero-order chi connectivity index (χ0) is 43.6. The largest absolute Gasteiger partial charge is 0.310 e. The second-order valence-electron chi connectivity index (χ2n) is 17.3. The number of benzene rings is 12. The van der Waals surface area contributed by atoms with Gasteiger partial charge in [-0.3, -0.25) is 0 Å². The Hall–Kier alpha value is -8.72. The van der Waals surface area contributed by atoms with E-state index in [2.05, 4.69) is 264 Å². The fourth-order valence-electron chi connectivity index (χ4n) is 10.5. The summed E-state index contributed by atoms with van der Waals surface area (Å²) in [6, 6.07) is 93.3. The quantitative estimate of drug-likeness (QED) is 0.145. The fourth-order valence-corrected chi connectivity index (χ4v) is 10.5. The van der Waals surface area contributed by atoms with Gasteiger partial charge in [-0.05, 0) is 149 Å². The predicted molar refractivity (Wildman–Crippen MR) is 282 cm³/mol. The first kappa shape index (κ1) is 37.8. The topological polar surface area (TPSA) is 8.17 Å². The van der Waals surface area contributed by atoms with Gasteiger partial charge in [0, 0.05) is 33.5 Å². The maximum absolute atomic E-state index is 2.41. The van der Waals surface area contributed by atoms with Gasteiger partial charge in [-0.25, -0.2) is 0 Å². The van der Waals surface area contributed by atoms with Crippen molar-refractivity contribution in [2.75, 3.05) is 4.90 Å². The molecule has 0 unspecified atom stereocenters. The Bertz CT molecular complexity index is 3920. The molecule has 0 N–H and O–H groups in total. The molecule has 0 fully saturated rings. The maximum atomic E-state index is 2.41. The van der Waals surface area contributed by atoms with Crippen molar-refractivity contribution in [1.82, 2.24) is 4.57 Å². The lowest BCUT2D eigenvalue weighted by molar-refractivity contribution is 1.18. The molecule has 13 rings (SSSR count). The lowest BCUT2D eigenvalue weighted by Crippen LogP contribution is -2.10. The lowest BCUT2D eigenvalue weighted by atomic mass is 9.85. The molecular formula is C64H42N2. The van der Waals surface area contributed by atoms with Crippen molar-refractivity contribution in [2.45, 2.75) is 0 Å².